The fourth-order valence-electron chi connectivity index (χ4n) is 10.0. The van der Waals surface area contributed by atoms with E-state index in [1.165, 1.54) is 87.2 Å². The molecule has 286 valence electrons. The van der Waals surface area contributed by atoms with Crippen molar-refractivity contribution >= 4 is 42.9 Å². The molecule has 7 aromatic rings. The summed E-state index contributed by atoms with van der Waals surface area (Å²) in [5.74, 6) is 0.952. The Kier molecular flexibility index (Phi) is 8.86. The fraction of sp³-hybridized carbons (Fsp3) is 0.158. The summed E-state index contributed by atoms with van der Waals surface area (Å²) in [6.45, 7) is 4.82. The van der Waals surface area contributed by atoms with Gasteiger partial charge in [0.15, 0.2) is 0 Å². The normalized spacial score (nSPS) is 20.1. The molecule has 3 unspecified atom stereocenters. The first-order valence-electron chi connectivity index (χ1n) is 21.2. The van der Waals surface area contributed by atoms with Gasteiger partial charge in [0, 0.05) is 48.8 Å². The standard InChI is InChI=1S/C57H47NS/c1-57(2)53-36-45(44-26-33-56-52(35-44)51-34-43(25-32-55(51)59-56)39-14-8-4-9-15-39)24-30-49(53)50-31-29-48(37-54(50)57)58(46-16-10-5-11-17-46)47-27-22-42(23-28-47)41-20-18-40(19-21-41)38-12-6-3-7-13-38/h3-12,14-20,22-27,29-38,41,47H,13,21,28H2,1-2H3. The SMILES string of the molecule is CC1(C)c2cc(-c3ccc4sc5ccc(-c6ccccc6)cc5c4c3)ccc2-c2ccc(N(c3ccccc3)C3C=CC(C4C=CC(C5C=CC=CC5)=CC4)=CC3)cc21. The highest BCUT2D eigenvalue weighted by molar-refractivity contribution is 7.25. The minimum absolute atomic E-state index is 0.151. The van der Waals surface area contributed by atoms with Gasteiger partial charge in [0.05, 0.1) is 6.04 Å². The van der Waals surface area contributed by atoms with E-state index in [1.807, 2.05) is 11.3 Å². The van der Waals surface area contributed by atoms with Crippen LogP contribution in [0.15, 0.2) is 205 Å². The van der Waals surface area contributed by atoms with Crippen LogP contribution in [-0.4, -0.2) is 6.04 Å². The van der Waals surface area contributed by atoms with Gasteiger partial charge in [-0.15, -0.1) is 11.3 Å². The van der Waals surface area contributed by atoms with E-state index in [0.29, 0.717) is 11.8 Å². The molecule has 1 heterocycles. The third-order valence-corrected chi connectivity index (χ3v) is 14.4. The maximum absolute atomic E-state index is 2.55. The molecule has 0 saturated carbocycles. The summed E-state index contributed by atoms with van der Waals surface area (Å²) in [6.07, 6.45) is 26.7. The summed E-state index contributed by atoms with van der Waals surface area (Å²) in [7, 11) is 0. The Morgan fingerprint density at radius 2 is 1.12 bits per heavy atom. The van der Waals surface area contributed by atoms with E-state index >= 15 is 0 Å². The molecule has 0 N–H and O–H groups in total. The minimum Gasteiger partial charge on any atom is -0.334 e. The molecule has 3 atom stereocenters. The van der Waals surface area contributed by atoms with Crippen LogP contribution >= 0.6 is 11.3 Å². The van der Waals surface area contributed by atoms with Crippen LogP contribution < -0.4 is 4.90 Å². The maximum Gasteiger partial charge on any atom is 0.0560 e. The molecule has 0 saturated heterocycles. The Bertz CT molecular complexity index is 2950. The van der Waals surface area contributed by atoms with Gasteiger partial charge < -0.3 is 4.90 Å². The summed E-state index contributed by atoms with van der Waals surface area (Å²) in [6, 6.07) is 50.2. The topological polar surface area (TPSA) is 3.24 Å². The average Bonchev–Trinajstić information content (AvgIpc) is 3.78. The van der Waals surface area contributed by atoms with Crippen LogP contribution in [0.1, 0.15) is 44.2 Å². The van der Waals surface area contributed by atoms with E-state index in [1.54, 1.807) is 0 Å². The summed E-state index contributed by atoms with van der Waals surface area (Å²) in [5, 5.41) is 2.67. The van der Waals surface area contributed by atoms with Crippen molar-refractivity contribution in [1.29, 1.82) is 0 Å². The number of allylic oxidation sites excluding steroid dienone is 10. The fourth-order valence-corrected chi connectivity index (χ4v) is 11.1. The predicted octanol–water partition coefficient (Wildman–Crippen LogP) is 15.7. The Morgan fingerprint density at radius 3 is 1.78 bits per heavy atom. The van der Waals surface area contributed by atoms with Crippen molar-refractivity contribution in [2.24, 2.45) is 11.8 Å². The maximum atomic E-state index is 2.55. The minimum atomic E-state index is -0.151. The number of benzene rings is 6. The summed E-state index contributed by atoms with van der Waals surface area (Å²) >= 11 is 1.88. The van der Waals surface area contributed by atoms with Crippen molar-refractivity contribution in [2.45, 2.75) is 44.6 Å². The lowest BCUT2D eigenvalue weighted by Gasteiger charge is -2.35. The molecule has 6 aromatic carbocycles. The lowest BCUT2D eigenvalue weighted by atomic mass is 9.81. The van der Waals surface area contributed by atoms with Crippen molar-refractivity contribution < 1.29 is 0 Å². The Hall–Kier alpha value is -6.22. The molecule has 1 aromatic heterocycles. The van der Waals surface area contributed by atoms with Gasteiger partial charge in [-0.25, -0.2) is 0 Å². The zero-order chi connectivity index (χ0) is 39.5. The average molecular weight is 778 g/mol. The lowest BCUT2D eigenvalue weighted by molar-refractivity contribution is 0.659. The highest BCUT2D eigenvalue weighted by Gasteiger charge is 2.37. The van der Waals surface area contributed by atoms with Gasteiger partial charge in [-0.3, -0.25) is 0 Å². The molecule has 4 aliphatic carbocycles. The number of anilines is 2. The monoisotopic (exact) mass is 777 g/mol. The van der Waals surface area contributed by atoms with Gasteiger partial charge in [-0.2, -0.15) is 0 Å². The van der Waals surface area contributed by atoms with E-state index in [0.717, 1.165) is 19.3 Å². The van der Waals surface area contributed by atoms with Gasteiger partial charge in [0.25, 0.3) is 0 Å². The zero-order valence-corrected chi connectivity index (χ0v) is 34.5. The van der Waals surface area contributed by atoms with Crippen LogP contribution in [0.3, 0.4) is 0 Å². The molecule has 0 radical (unpaired) electrons. The quantitative estimate of drug-likeness (QED) is 0.156. The van der Waals surface area contributed by atoms with Crippen molar-refractivity contribution in [3.05, 3.63) is 216 Å². The molecule has 59 heavy (non-hydrogen) atoms. The first-order chi connectivity index (χ1) is 29.0. The summed E-state index contributed by atoms with van der Waals surface area (Å²) in [4.78, 5) is 2.55. The van der Waals surface area contributed by atoms with E-state index < -0.39 is 0 Å². The van der Waals surface area contributed by atoms with Crippen LogP contribution in [0.5, 0.6) is 0 Å². The van der Waals surface area contributed by atoms with Crippen LogP contribution in [-0.2, 0) is 5.41 Å². The van der Waals surface area contributed by atoms with Crippen molar-refractivity contribution in [3.63, 3.8) is 0 Å². The smallest absolute Gasteiger partial charge is 0.0560 e. The van der Waals surface area contributed by atoms with Crippen LogP contribution in [0.4, 0.5) is 11.4 Å². The number of thiophene rings is 1. The molecule has 0 aliphatic heterocycles. The van der Waals surface area contributed by atoms with Gasteiger partial charge in [0.2, 0.25) is 0 Å². The van der Waals surface area contributed by atoms with Gasteiger partial charge >= 0.3 is 0 Å². The molecule has 0 fully saturated rings. The Labute approximate surface area is 352 Å². The van der Waals surface area contributed by atoms with E-state index in [9.17, 15) is 0 Å². The van der Waals surface area contributed by atoms with Crippen LogP contribution in [0.2, 0.25) is 0 Å². The second-order valence-electron chi connectivity index (χ2n) is 17.1. The van der Waals surface area contributed by atoms with Gasteiger partial charge in [-0.05, 0) is 130 Å². The molecule has 1 nitrogen and oxygen atoms in total. The number of rotatable bonds is 7. The largest absolute Gasteiger partial charge is 0.334 e. The predicted molar refractivity (Wildman–Crippen MR) is 254 cm³/mol. The van der Waals surface area contributed by atoms with Crippen LogP contribution in [0.25, 0.3) is 53.6 Å². The lowest BCUT2D eigenvalue weighted by Crippen LogP contribution is -2.31. The number of hydrogen-bond acceptors (Lipinski definition) is 2. The zero-order valence-electron chi connectivity index (χ0n) is 33.7. The van der Waals surface area contributed by atoms with Crippen molar-refractivity contribution in [1.82, 2.24) is 0 Å². The summed E-state index contributed by atoms with van der Waals surface area (Å²) < 4.78 is 2.67. The molecular weight excluding hydrogens is 731 g/mol. The van der Waals surface area contributed by atoms with E-state index in [4.69, 9.17) is 0 Å². The number of hydrogen-bond donors (Lipinski definition) is 0. The highest BCUT2D eigenvalue weighted by atomic mass is 32.1. The van der Waals surface area contributed by atoms with Crippen molar-refractivity contribution in [2.75, 3.05) is 4.90 Å². The third-order valence-electron chi connectivity index (χ3n) is 13.3. The summed E-state index contributed by atoms with van der Waals surface area (Å²) in [5.41, 5.74) is 15.8. The van der Waals surface area contributed by atoms with Crippen LogP contribution in [0, 0.1) is 11.8 Å². The number of fused-ring (bicyclic) bond motifs is 6. The number of nitrogens with zero attached hydrogens (tertiary/aromatic N) is 1. The third kappa shape index (κ3) is 6.38. The number of para-hydroxylation sites is 1. The van der Waals surface area contributed by atoms with Gasteiger partial charge in [-0.1, -0.05) is 153 Å². The Morgan fingerprint density at radius 1 is 0.508 bits per heavy atom. The highest BCUT2D eigenvalue weighted by Crippen LogP contribution is 2.52. The molecular formula is C57H47NS. The van der Waals surface area contributed by atoms with E-state index in [2.05, 4.69) is 213 Å². The van der Waals surface area contributed by atoms with Gasteiger partial charge in [0.1, 0.15) is 0 Å². The second-order valence-corrected chi connectivity index (χ2v) is 18.2. The van der Waals surface area contributed by atoms with Crippen molar-refractivity contribution in [3.8, 4) is 33.4 Å². The second kappa shape index (κ2) is 14.6. The van der Waals surface area contributed by atoms with E-state index in [-0.39, 0.29) is 11.5 Å². The molecule has 0 amide bonds. The molecule has 2 heteroatoms. The molecule has 11 rings (SSSR count). The molecule has 4 aliphatic rings. The first kappa shape index (κ1) is 35.9. The molecule has 0 spiro atoms. The first-order valence-corrected chi connectivity index (χ1v) is 22.1. The molecule has 0 bridgehead atoms. The Balaban J connectivity index is 0.884.